The summed E-state index contributed by atoms with van der Waals surface area (Å²) >= 11 is 0. The van der Waals surface area contributed by atoms with E-state index in [2.05, 4.69) is 5.32 Å². The lowest BCUT2D eigenvalue weighted by atomic mass is 10.0. The maximum atomic E-state index is 12.6. The maximum Gasteiger partial charge on any atom is 0.471 e. The summed E-state index contributed by atoms with van der Waals surface area (Å²) < 4.78 is 37.9. The minimum absolute atomic E-state index is 0.00623. The number of anilines is 1. The van der Waals surface area contributed by atoms with Crippen molar-refractivity contribution >= 4 is 23.2 Å². The normalized spacial score (nSPS) is 12.1. The van der Waals surface area contributed by atoms with Gasteiger partial charge in [-0.3, -0.25) is 19.7 Å². The molecule has 0 heterocycles. The van der Waals surface area contributed by atoms with Gasteiger partial charge in [0.05, 0.1) is 17.4 Å². The van der Waals surface area contributed by atoms with E-state index < -0.39 is 35.4 Å². The van der Waals surface area contributed by atoms with Crippen molar-refractivity contribution < 1.29 is 27.7 Å². The van der Waals surface area contributed by atoms with Gasteiger partial charge in [0, 0.05) is 17.8 Å². The van der Waals surface area contributed by atoms with Crippen LogP contribution in [0.15, 0.2) is 48.5 Å². The predicted molar refractivity (Wildman–Crippen MR) is 94.5 cm³/mol. The van der Waals surface area contributed by atoms with Gasteiger partial charge in [-0.1, -0.05) is 30.3 Å². The van der Waals surface area contributed by atoms with Crippen LogP contribution in [0.2, 0.25) is 0 Å². The standard InChI is InChI=1S/C18H16F3N3O4/c1-11-5-2-3-8-14(11)22-16(25)10-15(23-17(26)18(19,20)21)12-6-4-7-13(9-12)24(27)28/h2-9,15H,10H2,1H3,(H,22,25)(H,23,26)/t15-/m1/s1. The number of carbonyl (C=O) groups is 2. The fraction of sp³-hybridized carbons (Fsp3) is 0.222. The van der Waals surface area contributed by atoms with Crippen LogP contribution in [0.3, 0.4) is 0 Å². The van der Waals surface area contributed by atoms with Crippen molar-refractivity contribution in [3.05, 3.63) is 69.8 Å². The summed E-state index contributed by atoms with van der Waals surface area (Å²) in [6.07, 6.45) is -5.71. The second-order valence-electron chi connectivity index (χ2n) is 5.94. The first-order valence-corrected chi connectivity index (χ1v) is 8.05. The van der Waals surface area contributed by atoms with Gasteiger partial charge in [-0.25, -0.2) is 0 Å². The number of nitrogens with zero attached hydrogens (tertiary/aromatic N) is 1. The number of rotatable bonds is 6. The molecule has 0 aromatic heterocycles. The van der Waals surface area contributed by atoms with Gasteiger partial charge in [0.2, 0.25) is 5.91 Å². The zero-order chi connectivity index (χ0) is 20.9. The van der Waals surface area contributed by atoms with E-state index >= 15 is 0 Å². The van der Waals surface area contributed by atoms with Crippen LogP contribution in [-0.4, -0.2) is 22.9 Å². The molecule has 0 spiro atoms. The zero-order valence-electron chi connectivity index (χ0n) is 14.6. The molecule has 0 aliphatic carbocycles. The van der Waals surface area contributed by atoms with E-state index in [0.29, 0.717) is 5.69 Å². The van der Waals surface area contributed by atoms with Crippen LogP contribution < -0.4 is 10.6 Å². The number of benzene rings is 2. The van der Waals surface area contributed by atoms with Gasteiger partial charge < -0.3 is 10.6 Å². The molecule has 2 aromatic rings. The first-order valence-electron chi connectivity index (χ1n) is 8.05. The lowest BCUT2D eigenvalue weighted by Gasteiger charge is -2.20. The molecule has 1 atom stereocenters. The van der Waals surface area contributed by atoms with Crippen molar-refractivity contribution in [1.29, 1.82) is 0 Å². The topological polar surface area (TPSA) is 101 Å². The second-order valence-corrected chi connectivity index (χ2v) is 5.94. The molecule has 0 aliphatic heterocycles. The fourth-order valence-corrected chi connectivity index (χ4v) is 2.45. The fourth-order valence-electron chi connectivity index (χ4n) is 2.45. The summed E-state index contributed by atoms with van der Waals surface area (Å²) in [5.74, 6) is -2.90. The number of nitrogens with one attached hydrogen (secondary N) is 2. The third kappa shape index (κ3) is 5.53. The molecule has 0 radical (unpaired) electrons. The van der Waals surface area contributed by atoms with Gasteiger partial charge in [0.1, 0.15) is 0 Å². The zero-order valence-corrected chi connectivity index (χ0v) is 14.6. The van der Waals surface area contributed by atoms with E-state index in [9.17, 15) is 32.9 Å². The number of nitro groups is 1. The third-order valence-corrected chi connectivity index (χ3v) is 3.85. The number of carbonyl (C=O) groups excluding carboxylic acids is 2. The summed E-state index contributed by atoms with van der Waals surface area (Å²) in [6, 6.07) is 10.1. The summed E-state index contributed by atoms with van der Waals surface area (Å²) in [6.45, 7) is 1.74. The molecule has 0 bridgehead atoms. The van der Waals surface area contributed by atoms with Crippen LogP contribution in [0, 0.1) is 17.0 Å². The van der Waals surface area contributed by atoms with Crippen molar-refractivity contribution in [2.45, 2.75) is 25.6 Å². The molecular formula is C18H16F3N3O4. The molecular weight excluding hydrogens is 379 g/mol. The molecule has 2 rings (SSSR count). The Kier molecular flexibility index (Phi) is 6.34. The van der Waals surface area contributed by atoms with Crippen LogP contribution >= 0.6 is 0 Å². The van der Waals surface area contributed by atoms with Gasteiger partial charge in [-0.05, 0) is 24.1 Å². The molecule has 0 fully saturated rings. The Morgan fingerprint density at radius 2 is 1.82 bits per heavy atom. The van der Waals surface area contributed by atoms with E-state index in [1.807, 2.05) is 0 Å². The number of nitro benzene ring substituents is 1. The van der Waals surface area contributed by atoms with Crippen LogP contribution in [0.1, 0.15) is 23.6 Å². The number of non-ortho nitro benzene ring substituents is 1. The number of amides is 2. The van der Waals surface area contributed by atoms with Crippen molar-refractivity contribution in [2.75, 3.05) is 5.32 Å². The predicted octanol–water partition coefficient (Wildman–Crippen LogP) is 3.65. The lowest BCUT2D eigenvalue weighted by molar-refractivity contribution is -0.384. The summed E-state index contributed by atoms with van der Waals surface area (Å²) in [7, 11) is 0. The Bertz CT molecular complexity index is 900. The van der Waals surface area contributed by atoms with Crippen LogP contribution in [0.4, 0.5) is 24.5 Å². The van der Waals surface area contributed by atoms with Gasteiger partial charge in [-0.2, -0.15) is 13.2 Å². The lowest BCUT2D eigenvalue weighted by Crippen LogP contribution is -2.40. The first kappa shape index (κ1) is 20.9. The first-order chi connectivity index (χ1) is 13.1. The summed E-state index contributed by atoms with van der Waals surface area (Å²) in [4.78, 5) is 33.9. The van der Waals surface area contributed by atoms with E-state index in [1.54, 1.807) is 36.5 Å². The van der Waals surface area contributed by atoms with Gasteiger partial charge >= 0.3 is 12.1 Å². The minimum Gasteiger partial charge on any atom is -0.341 e. The quantitative estimate of drug-likeness (QED) is 0.576. The Morgan fingerprint density at radius 1 is 1.14 bits per heavy atom. The number of aryl methyl sites for hydroxylation is 1. The van der Waals surface area contributed by atoms with Crippen LogP contribution in [0.25, 0.3) is 0 Å². The van der Waals surface area contributed by atoms with Crippen LogP contribution in [0.5, 0.6) is 0 Å². The van der Waals surface area contributed by atoms with Crippen molar-refractivity contribution in [2.24, 2.45) is 0 Å². The highest BCUT2D eigenvalue weighted by atomic mass is 19.4. The molecule has 2 N–H and O–H groups in total. The van der Waals surface area contributed by atoms with Gasteiger partial charge in [-0.15, -0.1) is 0 Å². The Balaban J connectivity index is 2.26. The highest BCUT2D eigenvalue weighted by Crippen LogP contribution is 2.25. The molecule has 0 unspecified atom stereocenters. The Hall–Kier alpha value is -3.43. The van der Waals surface area contributed by atoms with Gasteiger partial charge in [0.25, 0.3) is 5.69 Å². The third-order valence-electron chi connectivity index (χ3n) is 3.85. The van der Waals surface area contributed by atoms with Crippen LogP contribution in [-0.2, 0) is 9.59 Å². The van der Waals surface area contributed by atoms with Crippen molar-refractivity contribution in [1.82, 2.24) is 5.32 Å². The van der Waals surface area contributed by atoms with E-state index in [4.69, 9.17) is 0 Å². The van der Waals surface area contributed by atoms with E-state index in [-0.39, 0.29) is 11.3 Å². The number of hydrogen-bond donors (Lipinski definition) is 2. The maximum absolute atomic E-state index is 12.6. The monoisotopic (exact) mass is 395 g/mol. The molecule has 0 saturated heterocycles. The average molecular weight is 395 g/mol. The minimum atomic E-state index is -5.16. The van der Waals surface area contributed by atoms with Crippen molar-refractivity contribution in [3.63, 3.8) is 0 Å². The molecule has 148 valence electrons. The molecule has 10 heteroatoms. The summed E-state index contributed by atoms with van der Waals surface area (Å²) in [5.41, 5.74) is 0.837. The van der Waals surface area contributed by atoms with E-state index in [1.165, 1.54) is 12.1 Å². The highest BCUT2D eigenvalue weighted by molar-refractivity contribution is 5.92. The number of hydrogen-bond acceptors (Lipinski definition) is 4. The number of alkyl halides is 3. The molecule has 2 amide bonds. The highest BCUT2D eigenvalue weighted by Gasteiger charge is 2.40. The Morgan fingerprint density at radius 3 is 2.43 bits per heavy atom. The summed E-state index contributed by atoms with van der Waals surface area (Å²) in [5, 5.41) is 15.2. The largest absolute Gasteiger partial charge is 0.471 e. The van der Waals surface area contributed by atoms with Crippen molar-refractivity contribution in [3.8, 4) is 0 Å². The van der Waals surface area contributed by atoms with Gasteiger partial charge in [0.15, 0.2) is 0 Å². The number of para-hydroxylation sites is 1. The molecule has 28 heavy (non-hydrogen) atoms. The molecule has 0 saturated carbocycles. The Labute approximate surface area is 157 Å². The number of halogens is 3. The molecule has 2 aromatic carbocycles. The SMILES string of the molecule is Cc1ccccc1NC(=O)C[C@@H](NC(=O)C(F)(F)F)c1cccc([N+](=O)[O-])c1. The van der Waals surface area contributed by atoms with E-state index in [0.717, 1.165) is 17.7 Å². The average Bonchev–Trinajstić information content (AvgIpc) is 2.62. The molecule has 7 nitrogen and oxygen atoms in total. The second kappa shape index (κ2) is 8.51. The smallest absolute Gasteiger partial charge is 0.341 e. The molecule has 0 aliphatic rings.